The molecule has 0 amide bonds. The normalized spacial score (nSPS) is 11.6. The summed E-state index contributed by atoms with van der Waals surface area (Å²) in [5, 5.41) is 7.00. The molecule has 3 aromatic carbocycles. The maximum absolute atomic E-state index is 4.93. The Balaban J connectivity index is 1.72. The minimum atomic E-state index is 0.921. The number of rotatable bonds is 2. The van der Waals surface area contributed by atoms with Crippen molar-refractivity contribution in [3.63, 3.8) is 0 Å². The fourth-order valence-corrected chi connectivity index (χ4v) is 3.87. The van der Waals surface area contributed by atoms with Gasteiger partial charge >= 0.3 is 0 Å². The lowest BCUT2D eigenvalue weighted by Crippen LogP contribution is -1.97. The number of hydrogen-bond acceptors (Lipinski definition) is 2. The van der Waals surface area contributed by atoms with Crippen LogP contribution in [0.1, 0.15) is 0 Å². The van der Waals surface area contributed by atoms with Gasteiger partial charge in [0, 0.05) is 17.1 Å². The van der Waals surface area contributed by atoms with E-state index in [4.69, 9.17) is 4.98 Å². The van der Waals surface area contributed by atoms with Crippen LogP contribution in [0.15, 0.2) is 97.3 Å². The Bertz CT molecular complexity index is 1460. The van der Waals surface area contributed by atoms with Crippen molar-refractivity contribution < 1.29 is 0 Å². The van der Waals surface area contributed by atoms with Gasteiger partial charge in [-0.2, -0.15) is 5.10 Å². The van der Waals surface area contributed by atoms with Gasteiger partial charge in [-0.3, -0.25) is 4.57 Å². The van der Waals surface area contributed by atoms with Crippen LogP contribution in [0.3, 0.4) is 0 Å². The predicted molar refractivity (Wildman–Crippen MR) is 113 cm³/mol. The molecule has 0 fully saturated rings. The van der Waals surface area contributed by atoms with Crippen molar-refractivity contribution in [2.75, 3.05) is 0 Å². The predicted octanol–water partition coefficient (Wildman–Crippen LogP) is 5.49. The largest absolute Gasteiger partial charge is 0.289 e. The minimum Gasteiger partial charge on any atom is -0.289 e. The van der Waals surface area contributed by atoms with Crippen LogP contribution in [-0.2, 0) is 0 Å². The highest BCUT2D eigenvalue weighted by atomic mass is 15.2. The molecule has 28 heavy (non-hydrogen) atoms. The van der Waals surface area contributed by atoms with Gasteiger partial charge < -0.3 is 0 Å². The van der Waals surface area contributed by atoms with Crippen molar-refractivity contribution in [2.45, 2.75) is 0 Å². The van der Waals surface area contributed by atoms with E-state index >= 15 is 0 Å². The summed E-state index contributed by atoms with van der Waals surface area (Å²) in [4.78, 5) is 4.93. The van der Waals surface area contributed by atoms with Crippen molar-refractivity contribution in [1.82, 2.24) is 19.2 Å². The van der Waals surface area contributed by atoms with E-state index in [0.717, 1.165) is 33.6 Å². The lowest BCUT2D eigenvalue weighted by atomic mass is 10.1. The van der Waals surface area contributed by atoms with E-state index in [0.29, 0.717) is 0 Å². The number of hydrogen-bond donors (Lipinski definition) is 0. The van der Waals surface area contributed by atoms with Gasteiger partial charge in [-0.25, -0.2) is 9.50 Å². The summed E-state index contributed by atoms with van der Waals surface area (Å²) in [6, 6.07) is 29.1. The zero-order chi connectivity index (χ0) is 18.5. The molecule has 0 radical (unpaired) electrons. The van der Waals surface area contributed by atoms with Crippen LogP contribution in [0.2, 0.25) is 0 Å². The Morgan fingerprint density at radius 2 is 1.43 bits per heavy atom. The van der Waals surface area contributed by atoms with E-state index in [-0.39, 0.29) is 0 Å². The molecule has 6 aromatic rings. The topological polar surface area (TPSA) is 35.1 Å². The number of nitrogens with zero attached hydrogens (tertiary/aromatic N) is 4. The Labute approximate surface area is 161 Å². The first kappa shape index (κ1) is 15.2. The van der Waals surface area contributed by atoms with Gasteiger partial charge in [-0.1, -0.05) is 66.7 Å². The smallest absolute Gasteiger partial charge is 0.145 e. The molecule has 0 spiro atoms. The summed E-state index contributed by atoms with van der Waals surface area (Å²) < 4.78 is 4.16. The zero-order valence-electron chi connectivity index (χ0n) is 15.0. The highest BCUT2D eigenvalue weighted by Gasteiger charge is 2.17. The van der Waals surface area contributed by atoms with Gasteiger partial charge in [0.25, 0.3) is 0 Å². The van der Waals surface area contributed by atoms with E-state index in [1.165, 1.54) is 10.8 Å². The average Bonchev–Trinajstić information content (AvgIpc) is 3.33. The standard InChI is InChI=1S/C24H16N4/c1-2-8-17(9-3-1)24-26-20-12-6-7-13-21(20)28(24)23-15-25-27-16-19-11-5-4-10-18(19)14-22(23)27/h1-16H. The Hall–Kier alpha value is -3.92. The van der Waals surface area contributed by atoms with Gasteiger partial charge in [-0.15, -0.1) is 0 Å². The summed E-state index contributed by atoms with van der Waals surface area (Å²) in [6.45, 7) is 0. The molecule has 0 aliphatic heterocycles. The molecule has 3 aromatic heterocycles. The number of aromatic nitrogens is 4. The molecule has 4 heteroatoms. The molecule has 4 nitrogen and oxygen atoms in total. The molecule has 0 saturated carbocycles. The van der Waals surface area contributed by atoms with Crippen LogP contribution < -0.4 is 0 Å². The number of benzene rings is 3. The van der Waals surface area contributed by atoms with Crippen molar-refractivity contribution in [1.29, 1.82) is 0 Å². The summed E-state index contributed by atoms with van der Waals surface area (Å²) in [5.41, 5.74) is 5.21. The van der Waals surface area contributed by atoms with Crippen molar-refractivity contribution in [3.8, 4) is 17.1 Å². The first-order chi connectivity index (χ1) is 13.9. The maximum Gasteiger partial charge on any atom is 0.145 e. The minimum absolute atomic E-state index is 0.921. The molecule has 6 rings (SSSR count). The van der Waals surface area contributed by atoms with Gasteiger partial charge in [0.05, 0.1) is 28.4 Å². The summed E-state index contributed by atoms with van der Waals surface area (Å²) in [6.07, 6.45) is 4.00. The Morgan fingerprint density at radius 3 is 2.32 bits per heavy atom. The van der Waals surface area contributed by atoms with Crippen LogP contribution in [0.5, 0.6) is 0 Å². The number of fused-ring (bicyclic) bond motifs is 3. The van der Waals surface area contributed by atoms with E-state index in [2.05, 4.69) is 76.5 Å². The van der Waals surface area contributed by atoms with Crippen molar-refractivity contribution >= 4 is 27.3 Å². The second kappa shape index (κ2) is 5.79. The Morgan fingerprint density at radius 1 is 0.679 bits per heavy atom. The SMILES string of the molecule is c1ccc(-c2nc3ccccc3n2-c2cnn3cc4ccccc4cc23)cc1. The fraction of sp³-hybridized carbons (Fsp3) is 0. The van der Waals surface area contributed by atoms with E-state index < -0.39 is 0 Å². The second-order valence-corrected chi connectivity index (χ2v) is 6.89. The van der Waals surface area contributed by atoms with Crippen molar-refractivity contribution in [2.24, 2.45) is 0 Å². The van der Waals surface area contributed by atoms with Gasteiger partial charge in [0.15, 0.2) is 0 Å². The third kappa shape index (κ3) is 2.18. The molecule has 0 aliphatic carbocycles. The molecule has 3 heterocycles. The molecule has 0 atom stereocenters. The second-order valence-electron chi connectivity index (χ2n) is 6.89. The monoisotopic (exact) mass is 360 g/mol. The number of pyridine rings is 1. The van der Waals surface area contributed by atoms with Crippen LogP contribution in [-0.4, -0.2) is 19.2 Å². The molecular formula is C24H16N4. The number of para-hydroxylation sites is 2. The van der Waals surface area contributed by atoms with Gasteiger partial charge in [0.2, 0.25) is 0 Å². The third-order valence-corrected chi connectivity index (χ3v) is 5.20. The first-order valence-corrected chi connectivity index (χ1v) is 9.28. The quantitative estimate of drug-likeness (QED) is 0.409. The van der Waals surface area contributed by atoms with E-state index in [1.807, 2.05) is 35.0 Å². The van der Waals surface area contributed by atoms with E-state index in [9.17, 15) is 0 Å². The van der Waals surface area contributed by atoms with Crippen molar-refractivity contribution in [3.05, 3.63) is 97.3 Å². The molecule has 0 bridgehead atoms. The molecule has 0 saturated heterocycles. The maximum atomic E-state index is 4.93. The average molecular weight is 360 g/mol. The molecule has 0 unspecified atom stereocenters. The Kier molecular flexibility index (Phi) is 3.14. The molecule has 0 N–H and O–H groups in total. The highest BCUT2D eigenvalue weighted by Crippen LogP contribution is 2.31. The van der Waals surface area contributed by atoms with E-state index in [1.54, 1.807) is 0 Å². The molecular weight excluding hydrogens is 344 g/mol. The van der Waals surface area contributed by atoms with Crippen LogP contribution in [0, 0.1) is 0 Å². The lowest BCUT2D eigenvalue weighted by Gasteiger charge is -2.08. The van der Waals surface area contributed by atoms with Gasteiger partial charge in [0.1, 0.15) is 5.82 Å². The molecule has 132 valence electrons. The lowest BCUT2D eigenvalue weighted by molar-refractivity contribution is 0.970. The number of imidazole rings is 1. The fourth-order valence-electron chi connectivity index (χ4n) is 3.87. The summed E-state index contributed by atoms with van der Waals surface area (Å²) >= 11 is 0. The van der Waals surface area contributed by atoms with Gasteiger partial charge in [-0.05, 0) is 23.6 Å². The first-order valence-electron chi connectivity index (χ1n) is 9.28. The van der Waals surface area contributed by atoms with Crippen LogP contribution >= 0.6 is 0 Å². The zero-order valence-corrected chi connectivity index (χ0v) is 15.0. The van der Waals surface area contributed by atoms with Crippen LogP contribution in [0.25, 0.3) is 44.4 Å². The summed E-state index contributed by atoms with van der Waals surface area (Å²) in [5.74, 6) is 0.921. The summed E-state index contributed by atoms with van der Waals surface area (Å²) in [7, 11) is 0. The third-order valence-electron chi connectivity index (χ3n) is 5.20. The van der Waals surface area contributed by atoms with Crippen LogP contribution in [0.4, 0.5) is 0 Å². The highest BCUT2D eigenvalue weighted by molar-refractivity contribution is 5.90. The molecule has 0 aliphatic rings.